The van der Waals surface area contributed by atoms with Crippen LogP contribution in [-0.2, 0) is 0 Å². The molecule has 0 aliphatic heterocycles. The lowest BCUT2D eigenvalue weighted by molar-refractivity contribution is 0.214. The van der Waals surface area contributed by atoms with Gasteiger partial charge in [0.2, 0.25) is 0 Å². The van der Waals surface area contributed by atoms with Crippen molar-refractivity contribution < 1.29 is 5.11 Å². The molecule has 2 heterocycles. The highest BCUT2D eigenvalue weighted by Crippen LogP contribution is 2.26. The van der Waals surface area contributed by atoms with Gasteiger partial charge in [0, 0.05) is 12.4 Å². The zero-order chi connectivity index (χ0) is 9.97. The van der Waals surface area contributed by atoms with Crippen LogP contribution in [0.1, 0.15) is 16.8 Å². The van der Waals surface area contributed by atoms with Gasteiger partial charge in [-0.3, -0.25) is 9.97 Å². The number of halogens is 1. The van der Waals surface area contributed by atoms with Crippen LogP contribution in [0, 0.1) is 0 Å². The maximum Gasteiger partial charge on any atom is 0.149 e. The molecule has 1 atom stereocenters. The van der Waals surface area contributed by atoms with Crippen molar-refractivity contribution in [2.24, 2.45) is 0 Å². The molecule has 4 nitrogen and oxygen atoms in total. The first-order valence-electron chi connectivity index (χ1n) is 3.82. The van der Waals surface area contributed by atoms with Crippen LogP contribution in [0.25, 0.3) is 0 Å². The molecule has 6 heteroatoms. The van der Waals surface area contributed by atoms with Gasteiger partial charge in [-0.1, -0.05) is 11.6 Å². The van der Waals surface area contributed by atoms with E-state index in [1.165, 1.54) is 29.9 Å². The minimum Gasteiger partial charge on any atom is -0.379 e. The first-order valence-corrected chi connectivity index (χ1v) is 5.02. The Morgan fingerprint density at radius 3 is 2.71 bits per heavy atom. The quantitative estimate of drug-likeness (QED) is 0.848. The molecule has 0 spiro atoms. The van der Waals surface area contributed by atoms with Gasteiger partial charge < -0.3 is 5.11 Å². The van der Waals surface area contributed by atoms with Gasteiger partial charge in [0.1, 0.15) is 15.4 Å². The lowest BCUT2D eigenvalue weighted by atomic mass is 10.3. The number of rotatable bonds is 2. The summed E-state index contributed by atoms with van der Waals surface area (Å²) in [6, 6.07) is 0. The molecule has 1 unspecified atom stereocenters. The average Bonchev–Trinajstić information content (AvgIpc) is 2.65. The van der Waals surface area contributed by atoms with E-state index in [1.54, 1.807) is 6.20 Å². The summed E-state index contributed by atoms with van der Waals surface area (Å²) in [6.07, 6.45) is 5.22. The van der Waals surface area contributed by atoms with Crippen molar-refractivity contribution in [1.29, 1.82) is 0 Å². The van der Waals surface area contributed by atoms with E-state index in [0.29, 0.717) is 15.0 Å². The van der Waals surface area contributed by atoms with Gasteiger partial charge in [-0.05, 0) is 0 Å². The van der Waals surface area contributed by atoms with Gasteiger partial charge in [-0.15, -0.1) is 11.3 Å². The molecule has 0 aromatic carbocycles. The average molecular weight is 228 g/mol. The number of hydrogen-bond donors (Lipinski definition) is 1. The highest BCUT2D eigenvalue weighted by molar-refractivity contribution is 7.15. The molecule has 1 N–H and O–H groups in total. The van der Waals surface area contributed by atoms with Crippen molar-refractivity contribution in [1.82, 2.24) is 15.0 Å². The van der Waals surface area contributed by atoms with Crippen LogP contribution in [0.5, 0.6) is 0 Å². The SMILES string of the molecule is OC(c1cnccn1)c1ncc(Cl)s1. The predicted molar refractivity (Wildman–Crippen MR) is 53.2 cm³/mol. The van der Waals surface area contributed by atoms with Crippen LogP contribution in [0.4, 0.5) is 0 Å². The molecule has 0 aliphatic rings. The summed E-state index contributed by atoms with van der Waals surface area (Å²) in [5, 5.41) is 10.3. The molecule has 0 saturated heterocycles. The maximum absolute atomic E-state index is 9.79. The van der Waals surface area contributed by atoms with Gasteiger partial charge in [-0.2, -0.15) is 0 Å². The van der Waals surface area contributed by atoms with E-state index in [-0.39, 0.29) is 0 Å². The number of aliphatic hydroxyl groups is 1. The molecule has 0 bridgehead atoms. The fourth-order valence-electron chi connectivity index (χ4n) is 0.972. The summed E-state index contributed by atoms with van der Waals surface area (Å²) in [5.74, 6) is 0. The molecular weight excluding hydrogens is 222 g/mol. The molecule has 2 aromatic heterocycles. The Bertz CT molecular complexity index is 420. The van der Waals surface area contributed by atoms with E-state index in [4.69, 9.17) is 11.6 Å². The minimum absolute atomic E-state index is 0.471. The molecular formula is C8H6ClN3OS. The Labute approximate surface area is 89.3 Å². The second-order valence-electron chi connectivity index (χ2n) is 2.54. The van der Waals surface area contributed by atoms with Gasteiger partial charge in [0.25, 0.3) is 0 Å². The fraction of sp³-hybridized carbons (Fsp3) is 0.125. The number of thiazole rings is 1. The zero-order valence-corrected chi connectivity index (χ0v) is 8.53. The minimum atomic E-state index is -0.846. The number of aromatic nitrogens is 3. The summed E-state index contributed by atoms with van der Waals surface area (Å²) >= 11 is 6.93. The number of nitrogens with zero attached hydrogens (tertiary/aromatic N) is 3. The van der Waals surface area contributed by atoms with Gasteiger partial charge in [0.15, 0.2) is 0 Å². The van der Waals surface area contributed by atoms with E-state index >= 15 is 0 Å². The van der Waals surface area contributed by atoms with Crippen LogP contribution in [0.2, 0.25) is 4.34 Å². The Morgan fingerprint density at radius 2 is 2.14 bits per heavy atom. The molecule has 0 aliphatic carbocycles. The van der Waals surface area contributed by atoms with Gasteiger partial charge in [-0.25, -0.2) is 4.98 Å². The van der Waals surface area contributed by atoms with Crippen molar-refractivity contribution >= 4 is 22.9 Å². The molecule has 72 valence electrons. The summed E-state index contributed by atoms with van der Waals surface area (Å²) in [5.41, 5.74) is 0.471. The van der Waals surface area contributed by atoms with Crippen molar-refractivity contribution in [2.75, 3.05) is 0 Å². The third kappa shape index (κ3) is 1.89. The van der Waals surface area contributed by atoms with Crippen molar-refractivity contribution in [3.05, 3.63) is 39.8 Å². The van der Waals surface area contributed by atoms with Crippen LogP contribution in [0.15, 0.2) is 24.8 Å². The summed E-state index contributed by atoms with van der Waals surface area (Å²) in [4.78, 5) is 11.8. The van der Waals surface area contributed by atoms with Crippen molar-refractivity contribution in [3.63, 3.8) is 0 Å². The second-order valence-corrected chi connectivity index (χ2v) is 4.23. The molecule has 0 amide bonds. The maximum atomic E-state index is 9.79. The standard InChI is InChI=1S/C8H6ClN3OS/c9-6-4-12-8(14-6)7(13)5-3-10-1-2-11-5/h1-4,7,13H. The molecule has 2 rings (SSSR count). The Kier molecular flexibility index (Phi) is 2.72. The van der Waals surface area contributed by atoms with Crippen molar-refractivity contribution in [3.8, 4) is 0 Å². The van der Waals surface area contributed by atoms with Crippen LogP contribution in [-0.4, -0.2) is 20.1 Å². The Hall–Kier alpha value is -1.04. The third-order valence-electron chi connectivity index (χ3n) is 1.59. The normalized spacial score (nSPS) is 12.7. The second kappa shape index (κ2) is 4.00. The highest BCUT2D eigenvalue weighted by atomic mass is 35.5. The van der Waals surface area contributed by atoms with Crippen LogP contribution < -0.4 is 0 Å². The van der Waals surface area contributed by atoms with E-state index in [0.717, 1.165) is 0 Å². The predicted octanol–water partition coefficient (Wildman–Crippen LogP) is 1.67. The largest absolute Gasteiger partial charge is 0.379 e. The van der Waals surface area contributed by atoms with E-state index in [2.05, 4.69) is 15.0 Å². The van der Waals surface area contributed by atoms with E-state index in [1.807, 2.05) is 0 Å². The Balaban J connectivity index is 2.29. The van der Waals surface area contributed by atoms with E-state index < -0.39 is 6.10 Å². The monoisotopic (exact) mass is 227 g/mol. The zero-order valence-electron chi connectivity index (χ0n) is 6.96. The first kappa shape index (κ1) is 9.51. The summed E-state index contributed by atoms with van der Waals surface area (Å²) in [7, 11) is 0. The fourth-order valence-corrected chi connectivity index (χ4v) is 1.90. The lowest BCUT2D eigenvalue weighted by Crippen LogP contribution is -2.01. The smallest absolute Gasteiger partial charge is 0.149 e. The number of aliphatic hydroxyl groups excluding tert-OH is 1. The molecule has 0 fully saturated rings. The molecule has 14 heavy (non-hydrogen) atoms. The van der Waals surface area contributed by atoms with E-state index in [9.17, 15) is 5.11 Å². The first-order chi connectivity index (χ1) is 6.77. The Morgan fingerprint density at radius 1 is 1.29 bits per heavy atom. The lowest BCUT2D eigenvalue weighted by Gasteiger charge is -2.04. The number of hydrogen-bond acceptors (Lipinski definition) is 5. The van der Waals surface area contributed by atoms with Crippen LogP contribution in [0.3, 0.4) is 0 Å². The molecule has 0 saturated carbocycles. The van der Waals surface area contributed by atoms with Crippen molar-refractivity contribution in [2.45, 2.75) is 6.10 Å². The highest BCUT2D eigenvalue weighted by Gasteiger charge is 2.15. The van der Waals surface area contributed by atoms with Gasteiger partial charge >= 0.3 is 0 Å². The van der Waals surface area contributed by atoms with Crippen LogP contribution >= 0.6 is 22.9 Å². The molecule has 0 radical (unpaired) electrons. The third-order valence-corrected chi connectivity index (χ3v) is 2.76. The molecule has 2 aromatic rings. The summed E-state index contributed by atoms with van der Waals surface area (Å²) < 4.78 is 0.544. The topological polar surface area (TPSA) is 58.9 Å². The summed E-state index contributed by atoms with van der Waals surface area (Å²) in [6.45, 7) is 0. The van der Waals surface area contributed by atoms with Gasteiger partial charge in [0.05, 0.1) is 18.1 Å².